The largest absolute Gasteiger partial charge is 0.491 e. The lowest BCUT2D eigenvalue weighted by molar-refractivity contribution is -0.0393. The number of aliphatic hydroxyl groups is 1. The van der Waals surface area contributed by atoms with Crippen LogP contribution >= 0.6 is 0 Å². The van der Waals surface area contributed by atoms with Gasteiger partial charge in [-0.05, 0) is 63.8 Å². The van der Waals surface area contributed by atoms with Crippen LogP contribution in [-0.4, -0.2) is 84.7 Å². The normalized spacial score (nSPS) is 23.4. The number of carbonyl (C=O) groups excluding carboxylic acids is 1. The molecule has 1 amide bonds. The van der Waals surface area contributed by atoms with Gasteiger partial charge in [0.1, 0.15) is 24.1 Å². The van der Waals surface area contributed by atoms with Crippen molar-refractivity contribution in [2.75, 3.05) is 45.9 Å². The molecule has 1 aromatic rings. The van der Waals surface area contributed by atoms with Crippen molar-refractivity contribution < 1.29 is 24.1 Å². The van der Waals surface area contributed by atoms with Gasteiger partial charge in [-0.2, -0.15) is 5.26 Å². The third kappa shape index (κ3) is 12.2. The third-order valence-corrected chi connectivity index (χ3v) is 7.29. The fraction of sp³-hybridized carbons (Fsp3) is 0.742. The maximum absolute atomic E-state index is 13.2. The summed E-state index contributed by atoms with van der Waals surface area (Å²) in [4.78, 5) is 17.3. The van der Waals surface area contributed by atoms with E-state index in [4.69, 9.17) is 19.5 Å². The Hall–Kier alpha value is -2.34. The second-order valence-corrected chi connectivity index (χ2v) is 12.2. The number of carbonyl (C=O) groups is 1. The minimum atomic E-state index is -0.672. The summed E-state index contributed by atoms with van der Waals surface area (Å²) in [5.74, 6) is 0.923. The van der Waals surface area contributed by atoms with Crippen molar-refractivity contribution in [2.45, 2.75) is 96.4 Å². The zero-order chi connectivity index (χ0) is 28.1. The van der Waals surface area contributed by atoms with E-state index in [0.717, 1.165) is 25.8 Å². The lowest BCUT2D eigenvalue weighted by atomic mass is 9.97. The van der Waals surface area contributed by atoms with E-state index in [1.165, 1.54) is 38.5 Å². The molecule has 1 aromatic carbocycles. The van der Waals surface area contributed by atoms with E-state index in [1.54, 1.807) is 24.3 Å². The van der Waals surface area contributed by atoms with Crippen LogP contribution in [-0.2, 0) is 9.47 Å². The van der Waals surface area contributed by atoms with Crippen molar-refractivity contribution in [3.8, 4) is 11.8 Å². The Morgan fingerprint density at radius 1 is 1.03 bits per heavy atom. The molecule has 2 aliphatic rings. The number of rotatable bonds is 5. The molecular formula is C31H49N3O5. The van der Waals surface area contributed by atoms with Crippen molar-refractivity contribution in [3.05, 3.63) is 29.8 Å². The summed E-state index contributed by atoms with van der Waals surface area (Å²) < 4.78 is 17.9. The molecule has 3 unspecified atom stereocenters. The Balaban J connectivity index is 1.69. The molecule has 0 aromatic heterocycles. The minimum Gasteiger partial charge on any atom is -0.491 e. The molecule has 2 aliphatic heterocycles. The topological polar surface area (TPSA) is 95.3 Å². The van der Waals surface area contributed by atoms with Crippen LogP contribution in [0.5, 0.6) is 5.75 Å². The van der Waals surface area contributed by atoms with Crippen LogP contribution in [0.25, 0.3) is 0 Å². The Bertz CT molecular complexity index is 871. The van der Waals surface area contributed by atoms with Gasteiger partial charge < -0.3 is 24.2 Å². The number of benzene rings is 1. The molecular weight excluding hydrogens is 494 g/mol. The van der Waals surface area contributed by atoms with E-state index in [9.17, 15) is 9.90 Å². The molecule has 3 atom stereocenters. The summed E-state index contributed by atoms with van der Waals surface area (Å²) >= 11 is 0. The SMILES string of the molecule is CC(C)(C)OC(=O)N1CC2CCCCCCCCCCOC(CN(CC(O)COc3ccc(C#N)cc3)C2)C1. The molecule has 218 valence electrons. The number of aliphatic hydroxyl groups excluding tert-OH is 1. The van der Waals surface area contributed by atoms with Crippen LogP contribution in [0.4, 0.5) is 4.79 Å². The van der Waals surface area contributed by atoms with Crippen LogP contribution in [0, 0.1) is 17.2 Å². The van der Waals surface area contributed by atoms with Crippen LogP contribution in [0.2, 0.25) is 0 Å². The molecule has 0 radical (unpaired) electrons. The molecule has 2 heterocycles. The molecule has 0 spiro atoms. The Labute approximate surface area is 235 Å². The number of nitrogens with zero attached hydrogens (tertiary/aromatic N) is 3. The summed E-state index contributed by atoms with van der Waals surface area (Å²) in [6.07, 6.45) is 9.59. The molecule has 2 bridgehead atoms. The van der Waals surface area contributed by atoms with Crippen LogP contribution in [0.3, 0.4) is 0 Å². The molecule has 3 rings (SSSR count). The first-order valence-corrected chi connectivity index (χ1v) is 14.8. The van der Waals surface area contributed by atoms with Gasteiger partial charge in [0.05, 0.1) is 24.3 Å². The molecule has 0 aliphatic carbocycles. The van der Waals surface area contributed by atoms with Gasteiger partial charge in [0.2, 0.25) is 0 Å². The van der Waals surface area contributed by atoms with E-state index < -0.39 is 11.7 Å². The van der Waals surface area contributed by atoms with Gasteiger partial charge in [0.25, 0.3) is 0 Å². The molecule has 2 saturated heterocycles. The van der Waals surface area contributed by atoms with Crippen LogP contribution in [0.15, 0.2) is 24.3 Å². The lowest BCUT2D eigenvalue weighted by Crippen LogP contribution is -2.53. The summed E-state index contributed by atoms with van der Waals surface area (Å²) in [5, 5.41) is 19.9. The molecule has 8 heteroatoms. The van der Waals surface area contributed by atoms with Gasteiger partial charge in [0, 0.05) is 32.8 Å². The van der Waals surface area contributed by atoms with Crippen molar-refractivity contribution in [1.29, 1.82) is 5.26 Å². The van der Waals surface area contributed by atoms with Crippen LogP contribution in [0.1, 0.15) is 84.1 Å². The first-order valence-electron chi connectivity index (χ1n) is 14.8. The van der Waals surface area contributed by atoms with E-state index >= 15 is 0 Å². The fourth-order valence-corrected chi connectivity index (χ4v) is 5.40. The van der Waals surface area contributed by atoms with Crippen molar-refractivity contribution in [1.82, 2.24) is 9.80 Å². The van der Waals surface area contributed by atoms with Gasteiger partial charge in [0.15, 0.2) is 0 Å². The zero-order valence-electron chi connectivity index (χ0n) is 24.3. The molecule has 0 saturated carbocycles. The summed E-state index contributed by atoms with van der Waals surface area (Å²) in [5.41, 5.74) is 0.0277. The van der Waals surface area contributed by atoms with Gasteiger partial charge in [-0.1, -0.05) is 44.9 Å². The third-order valence-electron chi connectivity index (χ3n) is 7.29. The minimum absolute atomic E-state index is 0.155. The van der Waals surface area contributed by atoms with Gasteiger partial charge in [-0.25, -0.2) is 4.79 Å². The highest BCUT2D eigenvalue weighted by atomic mass is 16.6. The highest BCUT2D eigenvalue weighted by molar-refractivity contribution is 5.68. The molecule has 2 fully saturated rings. The van der Waals surface area contributed by atoms with Gasteiger partial charge in [-0.3, -0.25) is 4.90 Å². The quantitative estimate of drug-likeness (QED) is 0.533. The summed E-state index contributed by atoms with van der Waals surface area (Å²) in [6.45, 7) is 9.57. The highest BCUT2D eigenvalue weighted by Crippen LogP contribution is 2.22. The van der Waals surface area contributed by atoms with E-state index in [1.807, 2.05) is 25.7 Å². The van der Waals surface area contributed by atoms with E-state index in [2.05, 4.69) is 11.0 Å². The Morgan fingerprint density at radius 3 is 2.36 bits per heavy atom. The number of nitriles is 1. The average Bonchev–Trinajstić information content (AvgIpc) is 2.87. The first-order chi connectivity index (χ1) is 18.7. The van der Waals surface area contributed by atoms with E-state index in [-0.39, 0.29) is 24.7 Å². The Morgan fingerprint density at radius 2 is 1.69 bits per heavy atom. The van der Waals surface area contributed by atoms with Gasteiger partial charge >= 0.3 is 6.09 Å². The van der Waals surface area contributed by atoms with E-state index in [0.29, 0.717) is 44.1 Å². The number of fused-ring (bicyclic) bond motifs is 4. The molecule has 1 N–H and O–H groups in total. The standard InChI is InChI=1S/C31H49N3O5/c1-31(2,3)39-30(36)34-20-26-12-10-8-6-4-5-7-9-11-17-37-29(23-34)22-33(19-26)21-27(35)24-38-28-15-13-25(18-32)14-16-28/h13-16,26-27,29,35H,4-12,17,19-24H2,1-3H3. The second-order valence-electron chi connectivity index (χ2n) is 12.2. The fourth-order valence-electron chi connectivity index (χ4n) is 5.40. The average molecular weight is 544 g/mol. The number of ether oxygens (including phenoxy) is 3. The smallest absolute Gasteiger partial charge is 0.410 e. The maximum atomic E-state index is 13.2. The zero-order valence-corrected chi connectivity index (χ0v) is 24.3. The second kappa shape index (κ2) is 16.1. The predicted molar refractivity (Wildman–Crippen MR) is 152 cm³/mol. The monoisotopic (exact) mass is 543 g/mol. The number of hydrogen-bond donors (Lipinski definition) is 1. The Kier molecular flexibility index (Phi) is 12.8. The van der Waals surface area contributed by atoms with Crippen molar-refractivity contribution >= 4 is 6.09 Å². The van der Waals surface area contributed by atoms with Crippen LogP contribution < -0.4 is 4.74 Å². The number of hydrogen-bond acceptors (Lipinski definition) is 7. The lowest BCUT2D eigenvalue weighted by Gasteiger charge is -2.39. The summed E-state index contributed by atoms with van der Waals surface area (Å²) in [6, 6.07) is 9.02. The maximum Gasteiger partial charge on any atom is 0.410 e. The highest BCUT2D eigenvalue weighted by Gasteiger charge is 2.32. The molecule has 39 heavy (non-hydrogen) atoms. The number of amides is 1. The number of β-amino-alcohol motifs (C(OH)–C–C–N with tert-alkyl or cyclic N) is 1. The van der Waals surface area contributed by atoms with Crippen molar-refractivity contribution in [2.24, 2.45) is 5.92 Å². The first kappa shape index (κ1) is 31.2. The predicted octanol–water partition coefficient (Wildman–Crippen LogP) is 5.38. The molecule has 8 nitrogen and oxygen atoms in total. The van der Waals surface area contributed by atoms with Gasteiger partial charge in [-0.15, -0.1) is 0 Å². The summed E-state index contributed by atoms with van der Waals surface area (Å²) in [7, 11) is 0. The van der Waals surface area contributed by atoms with Crippen molar-refractivity contribution in [3.63, 3.8) is 0 Å².